The van der Waals surface area contributed by atoms with E-state index < -0.39 is 5.97 Å². The Morgan fingerprint density at radius 3 is 2.58 bits per heavy atom. The Balaban J connectivity index is 2.88. The monoisotopic (exact) mass is 265 g/mol. The molecule has 1 rings (SSSR count). The van der Waals surface area contributed by atoms with Crippen molar-refractivity contribution in [3.63, 3.8) is 0 Å². The van der Waals surface area contributed by atoms with Gasteiger partial charge < -0.3 is 14.7 Å². The van der Waals surface area contributed by atoms with Gasteiger partial charge in [-0.3, -0.25) is 9.59 Å². The summed E-state index contributed by atoms with van der Waals surface area (Å²) < 4.78 is 5.08. The predicted octanol–water partition coefficient (Wildman–Crippen LogP) is 2.02. The van der Waals surface area contributed by atoms with Crippen LogP contribution in [0.3, 0.4) is 0 Å². The van der Waals surface area contributed by atoms with Crippen molar-refractivity contribution in [1.82, 2.24) is 4.90 Å². The van der Waals surface area contributed by atoms with Gasteiger partial charge in [-0.2, -0.15) is 0 Å². The second-order valence-corrected chi connectivity index (χ2v) is 4.47. The second kappa shape index (κ2) is 6.78. The number of carbonyl (C=O) groups excluding carboxylic acids is 1. The molecule has 5 nitrogen and oxygen atoms in total. The summed E-state index contributed by atoms with van der Waals surface area (Å²) in [7, 11) is 1.54. The van der Waals surface area contributed by atoms with Crippen LogP contribution in [-0.2, 0) is 4.79 Å². The van der Waals surface area contributed by atoms with Gasteiger partial charge in [0, 0.05) is 18.2 Å². The normalized spacial score (nSPS) is 10.3. The summed E-state index contributed by atoms with van der Waals surface area (Å²) in [6.45, 7) is 3.92. The fourth-order valence-corrected chi connectivity index (χ4v) is 1.73. The standard InChI is InChI=1S/C14H19NO4/c1-10(2)15(8-7-13(16)17)14(18)11-5-4-6-12(9-11)19-3/h4-6,9-10H,7-8H2,1-3H3,(H,16,17). The van der Waals surface area contributed by atoms with Crippen molar-refractivity contribution in [1.29, 1.82) is 0 Å². The van der Waals surface area contributed by atoms with Crippen molar-refractivity contribution < 1.29 is 19.4 Å². The molecule has 1 N–H and O–H groups in total. The summed E-state index contributed by atoms with van der Waals surface area (Å²) in [5.41, 5.74) is 0.499. The molecule has 104 valence electrons. The van der Waals surface area contributed by atoms with E-state index in [9.17, 15) is 9.59 Å². The van der Waals surface area contributed by atoms with Crippen molar-refractivity contribution in [2.75, 3.05) is 13.7 Å². The first-order valence-electron chi connectivity index (χ1n) is 6.12. The molecule has 0 aliphatic rings. The molecule has 0 saturated heterocycles. The van der Waals surface area contributed by atoms with E-state index in [1.54, 1.807) is 29.2 Å². The van der Waals surface area contributed by atoms with Crippen LogP contribution in [0.1, 0.15) is 30.6 Å². The molecule has 0 aliphatic heterocycles. The molecule has 0 unspecified atom stereocenters. The van der Waals surface area contributed by atoms with Crippen LogP contribution in [0.25, 0.3) is 0 Å². The number of hydrogen-bond acceptors (Lipinski definition) is 3. The average molecular weight is 265 g/mol. The van der Waals surface area contributed by atoms with Crippen LogP contribution in [0, 0.1) is 0 Å². The predicted molar refractivity (Wildman–Crippen MR) is 71.4 cm³/mol. The first-order chi connectivity index (χ1) is 8.95. The maximum Gasteiger partial charge on any atom is 0.305 e. The molecule has 19 heavy (non-hydrogen) atoms. The number of methoxy groups -OCH3 is 1. The Morgan fingerprint density at radius 2 is 2.05 bits per heavy atom. The molecule has 0 radical (unpaired) electrons. The number of ether oxygens (including phenoxy) is 1. The molecule has 0 aromatic heterocycles. The lowest BCUT2D eigenvalue weighted by Gasteiger charge is -2.26. The number of carbonyl (C=O) groups is 2. The number of carboxylic acid groups (broad SMARTS) is 1. The van der Waals surface area contributed by atoms with Gasteiger partial charge in [0.15, 0.2) is 0 Å². The molecule has 0 fully saturated rings. The molecule has 0 aliphatic carbocycles. The minimum atomic E-state index is -0.913. The molecule has 0 spiro atoms. The number of benzene rings is 1. The zero-order valence-electron chi connectivity index (χ0n) is 11.4. The van der Waals surface area contributed by atoms with E-state index in [2.05, 4.69) is 0 Å². The van der Waals surface area contributed by atoms with Crippen LogP contribution in [0.5, 0.6) is 5.75 Å². The van der Waals surface area contributed by atoms with E-state index in [1.165, 1.54) is 7.11 Å². The summed E-state index contributed by atoms with van der Waals surface area (Å²) in [5.74, 6) is -0.493. The number of hydrogen-bond donors (Lipinski definition) is 1. The molecule has 0 heterocycles. The zero-order valence-corrected chi connectivity index (χ0v) is 11.4. The van der Waals surface area contributed by atoms with E-state index in [0.717, 1.165) is 0 Å². The van der Waals surface area contributed by atoms with E-state index in [0.29, 0.717) is 11.3 Å². The molecule has 0 saturated carbocycles. The van der Waals surface area contributed by atoms with Crippen molar-refractivity contribution in [3.05, 3.63) is 29.8 Å². The topological polar surface area (TPSA) is 66.8 Å². The van der Waals surface area contributed by atoms with Crippen molar-refractivity contribution in [2.24, 2.45) is 0 Å². The third-order valence-electron chi connectivity index (χ3n) is 2.77. The Bertz CT molecular complexity index is 457. The van der Waals surface area contributed by atoms with E-state index in [1.807, 2.05) is 13.8 Å². The Morgan fingerprint density at radius 1 is 1.37 bits per heavy atom. The Kier molecular flexibility index (Phi) is 5.36. The van der Waals surface area contributed by atoms with Gasteiger partial charge in [-0.05, 0) is 32.0 Å². The van der Waals surface area contributed by atoms with Crippen LogP contribution in [0.2, 0.25) is 0 Å². The van der Waals surface area contributed by atoms with Gasteiger partial charge in [-0.25, -0.2) is 0 Å². The lowest BCUT2D eigenvalue weighted by molar-refractivity contribution is -0.137. The van der Waals surface area contributed by atoms with Gasteiger partial charge >= 0.3 is 5.97 Å². The molecule has 0 atom stereocenters. The summed E-state index contributed by atoms with van der Waals surface area (Å²) in [6.07, 6.45) is -0.0616. The third-order valence-corrected chi connectivity index (χ3v) is 2.77. The highest BCUT2D eigenvalue weighted by Gasteiger charge is 2.19. The van der Waals surface area contributed by atoms with E-state index >= 15 is 0 Å². The van der Waals surface area contributed by atoms with Gasteiger partial charge in [0.1, 0.15) is 5.75 Å². The third kappa shape index (κ3) is 4.28. The van der Waals surface area contributed by atoms with Gasteiger partial charge in [0.2, 0.25) is 0 Å². The minimum Gasteiger partial charge on any atom is -0.497 e. The number of carboxylic acids is 1. The Hall–Kier alpha value is -2.04. The first kappa shape index (κ1) is 15.0. The molecule has 0 bridgehead atoms. The maximum absolute atomic E-state index is 12.3. The molecular weight excluding hydrogens is 246 g/mol. The van der Waals surface area contributed by atoms with Crippen molar-refractivity contribution in [3.8, 4) is 5.75 Å². The van der Waals surface area contributed by atoms with Gasteiger partial charge in [0.25, 0.3) is 5.91 Å². The molecule has 1 aromatic rings. The summed E-state index contributed by atoms with van der Waals surface area (Å²) >= 11 is 0. The van der Waals surface area contributed by atoms with Crippen LogP contribution in [0.15, 0.2) is 24.3 Å². The zero-order chi connectivity index (χ0) is 14.4. The van der Waals surface area contributed by atoms with Gasteiger partial charge in [-0.15, -0.1) is 0 Å². The fourth-order valence-electron chi connectivity index (χ4n) is 1.73. The minimum absolute atomic E-state index is 0.0574. The largest absolute Gasteiger partial charge is 0.497 e. The first-order valence-corrected chi connectivity index (χ1v) is 6.12. The van der Waals surface area contributed by atoms with Gasteiger partial charge in [-0.1, -0.05) is 6.07 Å². The number of amides is 1. The van der Waals surface area contributed by atoms with Crippen LogP contribution < -0.4 is 4.74 Å². The smallest absolute Gasteiger partial charge is 0.305 e. The lowest BCUT2D eigenvalue weighted by atomic mass is 10.1. The lowest BCUT2D eigenvalue weighted by Crippen LogP contribution is -2.38. The molecule has 1 amide bonds. The summed E-state index contributed by atoms with van der Waals surface area (Å²) in [5, 5.41) is 8.72. The highest BCUT2D eigenvalue weighted by Crippen LogP contribution is 2.16. The Labute approximate surface area is 112 Å². The van der Waals surface area contributed by atoms with Crippen molar-refractivity contribution in [2.45, 2.75) is 26.3 Å². The van der Waals surface area contributed by atoms with Crippen LogP contribution >= 0.6 is 0 Å². The van der Waals surface area contributed by atoms with Crippen LogP contribution in [0.4, 0.5) is 0 Å². The number of nitrogens with zero attached hydrogens (tertiary/aromatic N) is 1. The molecule has 5 heteroatoms. The fraction of sp³-hybridized carbons (Fsp3) is 0.429. The quantitative estimate of drug-likeness (QED) is 0.854. The SMILES string of the molecule is COc1cccc(C(=O)N(CCC(=O)O)C(C)C)c1. The van der Waals surface area contributed by atoms with E-state index in [-0.39, 0.29) is 24.9 Å². The number of rotatable bonds is 6. The maximum atomic E-state index is 12.3. The summed E-state index contributed by atoms with van der Waals surface area (Å²) in [4.78, 5) is 24.5. The highest BCUT2D eigenvalue weighted by atomic mass is 16.5. The van der Waals surface area contributed by atoms with Crippen LogP contribution in [-0.4, -0.2) is 41.6 Å². The molecule has 1 aromatic carbocycles. The number of aliphatic carboxylic acids is 1. The average Bonchev–Trinajstić information content (AvgIpc) is 2.38. The van der Waals surface area contributed by atoms with E-state index in [4.69, 9.17) is 9.84 Å². The highest BCUT2D eigenvalue weighted by molar-refractivity contribution is 5.95. The van der Waals surface area contributed by atoms with Gasteiger partial charge in [0.05, 0.1) is 13.5 Å². The summed E-state index contributed by atoms with van der Waals surface area (Å²) in [6, 6.07) is 6.78. The second-order valence-electron chi connectivity index (χ2n) is 4.47. The molecular formula is C14H19NO4. The van der Waals surface area contributed by atoms with Crippen molar-refractivity contribution >= 4 is 11.9 Å².